The predicted molar refractivity (Wildman–Crippen MR) is 167 cm³/mol. The summed E-state index contributed by atoms with van der Waals surface area (Å²) in [6.45, 7) is 4.78. The Morgan fingerprint density at radius 3 is 2.50 bits per heavy atom. The van der Waals surface area contributed by atoms with Crippen molar-refractivity contribution in [1.82, 2.24) is 20.2 Å². The van der Waals surface area contributed by atoms with Crippen molar-refractivity contribution in [3.05, 3.63) is 59.2 Å². The van der Waals surface area contributed by atoms with Gasteiger partial charge in [0.1, 0.15) is 10.8 Å². The minimum absolute atomic E-state index is 0.0348. The molecule has 0 spiro atoms. The number of halogens is 4. The van der Waals surface area contributed by atoms with Crippen molar-refractivity contribution in [2.24, 2.45) is 0 Å². The summed E-state index contributed by atoms with van der Waals surface area (Å²) in [5, 5.41) is 9.01. The lowest BCUT2D eigenvalue weighted by atomic mass is 9.99. The molecule has 2 aromatic carbocycles. The third-order valence-electron chi connectivity index (χ3n) is 7.85. The lowest BCUT2D eigenvalue weighted by Crippen LogP contribution is -2.46. The molecule has 3 heterocycles. The molecule has 2 aliphatic rings. The van der Waals surface area contributed by atoms with Crippen LogP contribution in [0.15, 0.2) is 48.7 Å². The minimum Gasteiger partial charge on any atom is -0.482 e. The number of carbonyl (C=O) groups excluding carboxylic acids is 1. The highest BCUT2D eigenvalue weighted by atomic mass is 35.5. The molecule has 0 aliphatic carbocycles. The van der Waals surface area contributed by atoms with E-state index in [0.717, 1.165) is 44.7 Å². The molecule has 2 aliphatic heterocycles. The second kappa shape index (κ2) is 14.3. The van der Waals surface area contributed by atoms with Crippen LogP contribution in [-0.2, 0) is 0 Å². The number of carbonyl (C=O) groups is 1. The number of alkyl halides is 3. The number of likely N-dealkylation sites (tertiary alicyclic amines) is 1. The van der Waals surface area contributed by atoms with Crippen molar-refractivity contribution in [3.8, 4) is 5.75 Å². The molecular weight excluding hydrogens is 595 g/mol. The first-order chi connectivity index (χ1) is 21.2. The highest BCUT2D eigenvalue weighted by Gasteiger charge is 2.30. The quantitative estimate of drug-likeness (QED) is 0.226. The number of ether oxygens (including phenoxy) is 1. The standard InChI is InChI=1S/C31H37ClF3N7O2/c1-2-36-29(43)23-8-4-5-9-25(23)38-28-24(32)19-37-30(40-28)39-26-11-10-22(18-27(26)44-20-31(33,34)35)42-16-12-21(13-17-42)41-14-6-3-7-15-41/h4-5,8-11,18-19,21H,2-3,6-7,12-17,20H2,1H3,(H,36,43)(H2,37,38,39,40). The van der Waals surface area contributed by atoms with E-state index in [1.807, 2.05) is 13.0 Å². The summed E-state index contributed by atoms with van der Waals surface area (Å²) in [5.41, 5.74) is 1.95. The minimum atomic E-state index is -4.51. The molecule has 0 saturated carbocycles. The van der Waals surface area contributed by atoms with Gasteiger partial charge in [-0.05, 0) is 70.0 Å². The van der Waals surface area contributed by atoms with Gasteiger partial charge < -0.3 is 30.5 Å². The molecule has 1 amide bonds. The smallest absolute Gasteiger partial charge is 0.422 e. The fourth-order valence-electron chi connectivity index (χ4n) is 5.67. The van der Waals surface area contributed by atoms with Crippen LogP contribution < -0.4 is 25.6 Å². The first-order valence-corrected chi connectivity index (χ1v) is 15.3. The number of anilines is 5. The van der Waals surface area contributed by atoms with Gasteiger partial charge in [-0.25, -0.2) is 4.98 Å². The third-order valence-corrected chi connectivity index (χ3v) is 8.12. The summed E-state index contributed by atoms with van der Waals surface area (Å²) in [4.78, 5) is 25.9. The fraction of sp³-hybridized carbons (Fsp3) is 0.452. The third kappa shape index (κ3) is 8.23. The number of aromatic nitrogens is 2. The number of rotatable bonds is 10. The van der Waals surface area contributed by atoms with Gasteiger partial charge in [0.25, 0.3) is 5.91 Å². The lowest BCUT2D eigenvalue weighted by Gasteiger charge is -2.41. The number of hydrogen-bond donors (Lipinski definition) is 3. The molecule has 1 aromatic heterocycles. The van der Waals surface area contributed by atoms with Crippen molar-refractivity contribution in [1.29, 1.82) is 0 Å². The zero-order valence-corrected chi connectivity index (χ0v) is 25.3. The first kappa shape index (κ1) is 31.6. The van der Waals surface area contributed by atoms with Gasteiger partial charge >= 0.3 is 6.18 Å². The molecule has 9 nitrogen and oxygen atoms in total. The SMILES string of the molecule is CCNC(=O)c1ccccc1Nc1nc(Nc2ccc(N3CCC(N4CCCCC4)CC3)cc2OCC(F)(F)F)ncc1Cl. The normalized spacial score (nSPS) is 16.4. The molecule has 0 bridgehead atoms. The molecule has 3 N–H and O–H groups in total. The van der Waals surface area contributed by atoms with Gasteiger partial charge in [-0.3, -0.25) is 4.79 Å². The maximum atomic E-state index is 13.2. The summed E-state index contributed by atoms with van der Waals surface area (Å²) < 4.78 is 44.8. The van der Waals surface area contributed by atoms with E-state index in [1.165, 1.54) is 25.5 Å². The van der Waals surface area contributed by atoms with Gasteiger partial charge in [0, 0.05) is 37.4 Å². The Bertz CT molecular complexity index is 1430. The maximum Gasteiger partial charge on any atom is 0.422 e. The van der Waals surface area contributed by atoms with Crippen LogP contribution in [-0.4, -0.2) is 72.3 Å². The topological polar surface area (TPSA) is 94.6 Å². The summed E-state index contributed by atoms with van der Waals surface area (Å²) >= 11 is 6.37. The maximum absolute atomic E-state index is 13.2. The van der Waals surface area contributed by atoms with Gasteiger partial charge in [0.2, 0.25) is 5.95 Å². The van der Waals surface area contributed by atoms with E-state index >= 15 is 0 Å². The Balaban J connectivity index is 1.34. The summed E-state index contributed by atoms with van der Waals surface area (Å²) in [6, 6.07) is 12.6. The Kier molecular flexibility index (Phi) is 10.3. The van der Waals surface area contributed by atoms with Crippen molar-refractivity contribution < 1.29 is 22.7 Å². The second-order valence-electron chi connectivity index (χ2n) is 10.9. The van der Waals surface area contributed by atoms with Crippen LogP contribution >= 0.6 is 11.6 Å². The monoisotopic (exact) mass is 631 g/mol. The zero-order chi connectivity index (χ0) is 31.1. The molecule has 2 saturated heterocycles. The van der Waals surface area contributed by atoms with Gasteiger partial charge in [-0.15, -0.1) is 0 Å². The van der Waals surface area contributed by atoms with Crippen molar-refractivity contribution in [3.63, 3.8) is 0 Å². The molecule has 236 valence electrons. The average Bonchev–Trinajstić information content (AvgIpc) is 3.02. The summed E-state index contributed by atoms with van der Waals surface area (Å²) in [6.07, 6.45) is 2.66. The van der Waals surface area contributed by atoms with E-state index in [2.05, 4.69) is 35.7 Å². The number of para-hydroxylation sites is 1. The molecule has 2 fully saturated rings. The number of hydrogen-bond acceptors (Lipinski definition) is 8. The van der Waals surface area contributed by atoms with Crippen LogP contribution in [0.1, 0.15) is 49.4 Å². The first-order valence-electron chi connectivity index (χ1n) is 15.0. The van der Waals surface area contributed by atoms with Crippen LogP contribution in [0.2, 0.25) is 5.02 Å². The van der Waals surface area contributed by atoms with E-state index in [9.17, 15) is 18.0 Å². The van der Waals surface area contributed by atoms with Crippen LogP contribution in [0.4, 0.5) is 42.0 Å². The fourth-order valence-corrected chi connectivity index (χ4v) is 5.81. The van der Waals surface area contributed by atoms with E-state index in [1.54, 1.807) is 36.4 Å². The second-order valence-corrected chi connectivity index (χ2v) is 11.4. The molecular formula is C31H37ClF3N7O2. The zero-order valence-electron chi connectivity index (χ0n) is 24.6. The van der Waals surface area contributed by atoms with Crippen LogP contribution in [0.25, 0.3) is 0 Å². The van der Waals surface area contributed by atoms with Crippen molar-refractivity contribution in [2.45, 2.75) is 51.2 Å². The largest absolute Gasteiger partial charge is 0.482 e. The highest BCUT2D eigenvalue weighted by molar-refractivity contribution is 6.33. The molecule has 44 heavy (non-hydrogen) atoms. The van der Waals surface area contributed by atoms with Gasteiger partial charge in [-0.1, -0.05) is 30.2 Å². The lowest BCUT2D eigenvalue weighted by molar-refractivity contribution is -0.153. The Hall–Kier alpha value is -3.77. The number of benzene rings is 2. The molecule has 0 radical (unpaired) electrons. The van der Waals surface area contributed by atoms with E-state index in [-0.39, 0.29) is 34.1 Å². The average molecular weight is 632 g/mol. The van der Waals surface area contributed by atoms with Crippen molar-refractivity contribution in [2.75, 3.05) is 54.9 Å². The van der Waals surface area contributed by atoms with E-state index in [4.69, 9.17) is 16.3 Å². The molecule has 5 rings (SSSR count). The van der Waals surface area contributed by atoms with Gasteiger partial charge in [0.15, 0.2) is 12.4 Å². The predicted octanol–water partition coefficient (Wildman–Crippen LogP) is 6.76. The van der Waals surface area contributed by atoms with Crippen LogP contribution in [0.5, 0.6) is 5.75 Å². The van der Waals surface area contributed by atoms with E-state index in [0.29, 0.717) is 23.8 Å². The van der Waals surface area contributed by atoms with Gasteiger partial charge in [0.05, 0.1) is 23.1 Å². The van der Waals surface area contributed by atoms with Crippen LogP contribution in [0.3, 0.4) is 0 Å². The summed E-state index contributed by atoms with van der Waals surface area (Å²) in [5.74, 6) is 0.0697. The summed E-state index contributed by atoms with van der Waals surface area (Å²) in [7, 11) is 0. The van der Waals surface area contributed by atoms with Crippen molar-refractivity contribution >= 4 is 46.3 Å². The molecule has 13 heteroatoms. The molecule has 0 atom stereocenters. The molecule has 0 unspecified atom stereocenters. The Morgan fingerprint density at radius 1 is 1.02 bits per heavy atom. The Morgan fingerprint density at radius 2 is 1.77 bits per heavy atom. The van der Waals surface area contributed by atoms with Gasteiger partial charge in [-0.2, -0.15) is 18.2 Å². The Labute approximate surface area is 260 Å². The molecule has 3 aromatic rings. The number of amides is 1. The number of piperidine rings is 2. The number of nitrogens with zero attached hydrogens (tertiary/aromatic N) is 4. The van der Waals surface area contributed by atoms with E-state index < -0.39 is 12.8 Å². The van der Waals surface area contributed by atoms with Crippen LogP contribution in [0, 0.1) is 0 Å². The number of nitrogens with one attached hydrogen (secondary N) is 3. The highest BCUT2D eigenvalue weighted by Crippen LogP contribution is 2.35.